The number of hydrogen-bond acceptors (Lipinski definition) is 4. The highest BCUT2D eigenvalue weighted by Crippen LogP contribution is 2.33. The van der Waals surface area contributed by atoms with E-state index in [1.54, 1.807) is 24.3 Å². The summed E-state index contributed by atoms with van der Waals surface area (Å²) >= 11 is 0.903. The minimum Gasteiger partial charge on any atom is -0.480 e. The molecule has 23 heavy (non-hydrogen) atoms. The van der Waals surface area contributed by atoms with Gasteiger partial charge in [0.2, 0.25) is 0 Å². The molecule has 1 heterocycles. The highest BCUT2D eigenvalue weighted by Gasteiger charge is 2.33. The summed E-state index contributed by atoms with van der Waals surface area (Å²) < 4.78 is 37.6. The van der Waals surface area contributed by atoms with Crippen molar-refractivity contribution in [2.45, 2.75) is 25.1 Å². The van der Waals surface area contributed by atoms with Crippen molar-refractivity contribution in [2.24, 2.45) is 5.73 Å². The van der Waals surface area contributed by atoms with Gasteiger partial charge >= 0.3 is 12.1 Å². The molecule has 0 amide bonds. The molecule has 0 aliphatic carbocycles. The maximum atomic E-state index is 12.5. The Bertz CT molecular complexity index is 684. The van der Waals surface area contributed by atoms with Gasteiger partial charge in [0.25, 0.3) is 0 Å². The van der Waals surface area contributed by atoms with E-state index in [2.05, 4.69) is 4.98 Å². The zero-order valence-electron chi connectivity index (χ0n) is 11.9. The average Bonchev–Trinajstić information content (AvgIpc) is 2.88. The second kappa shape index (κ2) is 6.86. The monoisotopic (exact) mass is 366 g/mol. The number of thiazole rings is 1. The van der Waals surface area contributed by atoms with Crippen molar-refractivity contribution in [3.63, 3.8) is 0 Å². The maximum Gasteiger partial charge on any atom is 0.434 e. The van der Waals surface area contributed by atoms with Crippen LogP contribution in [-0.2, 0) is 17.4 Å². The van der Waals surface area contributed by atoms with Gasteiger partial charge in [0, 0.05) is 17.4 Å². The van der Waals surface area contributed by atoms with Crippen LogP contribution in [0.4, 0.5) is 13.2 Å². The van der Waals surface area contributed by atoms with Gasteiger partial charge in [0.05, 0.1) is 0 Å². The molecule has 0 saturated heterocycles. The number of carboxylic acid groups (broad SMARTS) is 1. The van der Waals surface area contributed by atoms with E-state index in [4.69, 9.17) is 10.8 Å². The zero-order valence-corrected chi connectivity index (χ0v) is 13.6. The molecule has 0 spiro atoms. The van der Waals surface area contributed by atoms with Gasteiger partial charge in [-0.15, -0.1) is 23.7 Å². The number of alkyl halides is 3. The van der Waals surface area contributed by atoms with Crippen molar-refractivity contribution < 1.29 is 23.1 Å². The van der Waals surface area contributed by atoms with E-state index in [1.807, 2.05) is 0 Å². The zero-order chi connectivity index (χ0) is 16.5. The minimum absolute atomic E-state index is 0. The number of hydrogen-bond donors (Lipinski definition) is 2. The number of halogens is 4. The fourth-order valence-electron chi connectivity index (χ4n) is 1.80. The fourth-order valence-corrected chi connectivity index (χ4v) is 2.63. The summed E-state index contributed by atoms with van der Waals surface area (Å²) in [5, 5.41) is 10.2. The molecule has 0 saturated carbocycles. The summed E-state index contributed by atoms with van der Waals surface area (Å²) in [6, 6.07) is 6.48. The van der Waals surface area contributed by atoms with E-state index >= 15 is 0 Å². The smallest absolute Gasteiger partial charge is 0.434 e. The molecule has 0 unspecified atom stereocenters. The predicted octanol–water partition coefficient (Wildman–Crippen LogP) is 3.60. The van der Waals surface area contributed by atoms with Crippen molar-refractivity contribution in [3.8, 4) is 10.6 Å². The lowest BCUT2D eigenvalue weighted by molar-refractivity contribution is -0.142. The lowest BCUT2D eigenvalue weighted by Crippen LogP contribution is -2.46. The summed E-state index contributed by atoms with van der Waals surface area (Å²) in [6.45, 7) is 1.40. The molecular weight excluding hydrogens is 353 g/mol. The fraction of sp³-hybridized carbons (Fsp3) is 0.286. The number of benzene rings is 1. The molecule has 3 N–H and O–H groups in total. The molecule has 0 fully saturated rings. The first-order valence-corrected chi connectivity index (χ1v) is 7.12. The standard InChI is InChI=1S/C14H13F3N2O2S.ClH/c1-13(18,12(20)21)6-8-2-4-9(5-3-8)11-19-10(7-22-11)14(15,16)17;/h2-5,7H,6,18H2,1H3,(H,20,21);1H/t13-;/m0./s1. The molecule has 0 bridgehead atoms. The largest absolute Gasteiger partial charge is 0.480 e. The van der Waals surface area contributed by atoms with Crippen LogP contribution in [-0.4, -0.2) is 21.6 Å². The van der Waals surface area contributed by atoms with E-state index in [1.165, 1.54) is 6.92 Å². The van der Waals surface area contributed by atoms with Gasteiger partial charge in [-0.1, -0.05) is 24.3 Å². The molecule has 2 aromatic rings. The summed E-state index contributed by atoms with van der Waals surface area (Å²) in [4.78, 5) is 14.5. The van der Waals surface area contributed by atoms with E-state index in [0.29, 0.717) is 11.1 Å². The number of rotatable bonds is 4. The molecule has 4 nitrogen and oxygen atoms in total. The Morgan fingerprint density at radius 1 is 1.30 bits per heavy atom. The third-order valence-corrected chi connectivity index (χ3v) is 3.95. The first-order chi connectivity index (χ1) is 10.1. The van der Waals surface area contributed by atoms with Crippen LogP contribution >= 0.6 is 23.7 Å². The maximum absolute atomic E-state index is 12.5. The number of aromatic nitrogens is 1. The minimum atomic E-state index is -4.46. The topological polar surface area (TPSA) is 76.2 Å². The quantitative estimate of drug-likeness (QED) is 0.866. The van der Waals surface area contributed by atoms with Gasteiger partial charge in [-0.05, 0) is 12.5 Å². The second-order valence-electron chi connectivity index (χ2n) is 5.13. The summed E-state index contributed by atoms with van der Waals surface area (Å²) in [6.07, 6.45) is -4.34. The summed E-state index contributed by atoms with van der Waals surface area (Å²) in [5.41, 5.74) is 4.57. The van der Waals surface area contributed by atoms with Crippen LogP contribution < -0.4 is 5.73 Å². The Kier molecular flexibility index (Phi) is 5.79. The number of nitrogens with two attached hydrogens (primary N) is 1. The molecule has 1 aromatic carbocycles. The van der Waals surface area contributed by atoms with Gasteiger partial charge in [-0.3, -0.25) is 4.79 Å². The Hall–Kier alpha value is -1.64. The first-order valence-electron chi connectivity index (χ1n) is 6.24. The van der Waals surface area contributed by atoms with Crippen LogP contribution in [0.25, 0.3) is 10.6 Å². The van der Waals surface area contributed by atoms with Crippen molar-refractivity contribution in [3.05, 3.63) is 40.9 Å². The predicted molar refractivity (Wildman–Crippen MR) is 83.7 cm³/mol. The Balaban J connectivity index is 0.00000264. The molecular formula is C14H14ClF3N2O2S. The highest BCUT2D eigenvalue weighted by molar-refractivity contribution is 7.13. The van der Waals surface area contributed by atoms with Crippen LogP contribution in [0.3, 0.4) is 0 Å². The SMILES string of the molecule is C[C@](N)(Cc1ccc(-c2nc(C(F)(F)F)cs2)cc1)C(=O)O.Cl. The van der Waals surface area contributed by atoms with Gasteiger partial charge in [0.1, 0.15) is 10.5 Å². The van der Waals surface area contributed by atoms with Crippen molar-refractivity contribution in [2.75, 3.05) is 0 Å². The van der Waals surface area contributed by atoms with Crippen LogP contribution in [0, 0.1) is 0 Å². The third-order valence-electron chi connectivity index (χ3n) is 3.06. The molecule has 2 rings (SSSR count). The Morgan fingerprint density at radius 2 is 1.87 bits per heavy atom. The number of carbonyl (C=O) groups is 1. The summed E-state index contributed by atoms with van der Waals surface area (Å²) in [5.74, 6) is -1.12. The van der Waals surface area contributed by atoms with Gasteiger partial charge in [-0.25, -0.2) is 4.98 Å². The van der Waals surface area contributed by atoms with Gasteiger partial charge in [-0.2, -0.15) is 13.2 Å². The number of carboxylic acids is 1. The molecule has 9 heteroatoms. The van der Waals surface area contributed by atoms with E-state index in [9.17, 15) is 18.0 Å². The first kappa shape index (κ1) is 19.4. The van der Waals surface area contributed by atoms with Crippen molar-refractivity contribution >= 4 is 29.7 Å². The lowest BCUT2D eigenvalue weighted by Gasteiger charge is -2.19. The molecule has 1 aromatic heterocycles. The molecule has 1 atom stereocenters. The van der Waals surface area contributed by atoms with Gasteiger partial charge < -0.3 is 10.8 Å². The van der Waals surface area contributed by atoms with Crippen LogP contribution in [0.1, 0.15) is 18.2 Å². The molecule has 0 aliphatic rings. The average molecular weight is 367 g/mol. The normalized spacial score (nSPS) is 14.0. The lowest BCUT2D eigenvalue weighted by atomic mass is 9.94. The third kappa shape index (κ3) is 4.66. The van der Waals surface area contributed by atoms with Crippen LogP contribution in [0.2, 0.25) is 0 Å². The Morgan fingerprint density at radius 3 is 2.30 bits per heavy atom. The number of nitrogens with zero attached hydrogens (tertiary/aromatic N) is 1. The van der Waals surface area contributed by atoms with Crippen molar-refractivity contribution in [1.29, 1.82) is 0 Å². The number of aliphatic carboxylic acids is 1. The van der Waals surface area contributed by atoms with Crippen LogP contribution in [0.15, 0.2) is 29.6 Å². The molecule has 0 aliphatic heterocycles. The van der Waals surface area contributed by atoms with Gasteiger partial charge in [0.15, 0.2) is 5.69 Å². The van der Waals surface area contributed by atoms with Crippen LogP contribution in [0.5, 0.6) is 0 Å². The Labute approximate surface area is 140 Å². The molecule has 126 valence electrons. The summed E-state index contributed by atoms with van der Waals surface area (Å²) in [7, 11) is 0. The van der Waals surface area contributed by atoms with E-state index < -0.39 is 23.4 Å². The second-order valence-corrected chi connectivity index (χ2v) is 5.99. The van der Waals surface area contributed by atoms with E-state index in [-0.39, 0.29) is 23.8 Å². The molecule has 0 radical (unpaired) electrons. The highest BCUT2D eigenvalue weighted by atomic mass is 35.5. The van der Waals surface area contributed by atoms with Crippen molar-refractivity contribution in [1.82, 2.24) is 4.98 Å². The van der Waals surface area contributed by atoms with E-state index in [0.717, 1.165) is 16.7 Å².